The maximum atomic E-state index is 11.3. The molecule has 0 radical (unpaired) electrons. The second-order valence-electron chi connectivity index (χ2n) is 7.07. The van der Waals surface area contributed by atoms with Crippen molar-refractivity contribution in [1.29, 1.82) is 0 Å². The smallest absolute Gasteiger partial charge is 0.243 e. The molecule has 1 atom stereocenters. The lowest BCUT2D eigenvalue weighted by Gasteiger charge is -2.38. The van der Waals surface area contributed by atoms with E-state index in [-0.39, 0.29) is 11.3 Å². The average Bonchev–Trinajstić information content (AvgIpc) is 3.16. The van der Waals surface area contributed by atoms with Gasteiger partial charge in [-0.15, -0.1) is 23.1 Å². The van der Waals surface area contributed by atoms with Crippen LogP contribution in [0.25, 0.3) is 10.2 Å². The van der Waals surface area contributed by atoms with E-state index >= 15 is 0 Å². The number of aliphatic imine (C=N–C) groups is 1. The standard InChI is InChI=1S/C17H20N4OS2/c1-17(2)4-5-21(3)12-7-13-10(6-9(12)17)19-16(24-13)15-20-11(8-23-15)14(18)22/h6-7,11H,4-5,8H2,1-3H3,(H2,18,22). The molecule has 4 rings (SSSR count). The molecule has 1 amide bonds. The summed E-state index contributed by atoms with van der Waals surface area (Å²) in [5.74, 6) is 0.254. The van der Waals surface area contributed by atoms with Gasteiger partial charge in [0.1, 0.15) is 16.1 Å². The molecule has 1 aromatic heterocycles. The van der Waals surface area contributed by atoms with Crippen molar-refractivity contribution in [2.24, 2.45) is 10.7 Å². The molecule has 24 heavy (non-hydrogen) atoms. The number of carbonyl (C=O) groups is 1. The highest BCUT2D eigenvalue weighted by molar-refractivity contribution is 8.15. The van der Waals surface area contributed by atoms with Crippen LogP contribution in [-0.4, -0.2) is 41.3 Å². The summed E-state index contributed by atoms with van der Waals surface area (Å²) in [5, 5.41) is 1.73. The van der Waals surface area contributed by atoms with Crippen molar-refractivity contribution < 1.29 is 4.79 Å². The maximum Gasteiger partial charge on any atom is 0.243 e. The molecular weight excluding hydrogens is 340 g/mol. The van der Waals surface area contributed by atoms with Crippen LogP contribution in [0.15, 0.2) is 17.1 Å². The summed E-state index contributed by atoms with van der Waals surface area (Å²) in [6.45, 7) is 5.67. The first kappa shape index (κ1) is 15.9. The lowest BCUT2D eigenvalue weighted by molar-refractivity contribution is -0.118. The third kappa shape index (κ3) is 2.50. The number of carbonyl (C=O) groups excluding carboxylic acids is 1. The van der Waals surface area contributed by atoms with Gasteiger partial charge in [-0.3, -0.25) is 9.79 Å². The summed E-state index contributed by atoms with van der Waals surface area (Å²) in [4.78, 5) is 22.9. The summed E-state index contributed by atoms with van der Waals surface area (Å²) < 4.78 is 1.17. The quantitative estimate of drug-likeness (QED) is 0.894. The molecule has 2 aromatic rings. The van der Waals surface area contributed by atoms with Gasteiger partial charge in [0.25, 0.3) is 0 Å². The largest absolute Gasteiger partial charge is 0.374 e. The first-order chi connectivity index (χ1) is 11.3. The molecule has 7 heteroatoms. The molecule has 126 valence electrons. The van der Waals surface area contributed by atoms with E-state index in [1.165, 1.54) is 16.0 Å². The summed E-state index contributed by atoms with van der Waals surface area (Å²) in [7, 11) is 2.15. The summed E-state index contributed by atoms with van der Waals surface area (Å²) in [5.41, 5.74) is 9.19. The third-order valence-corrected chi connectivity index (χ3v) is 7.09. The van der Waals surface area contributed by atoms with Crippen molar-refractivity contribution >= 4 is 50.0 Å². The first-order valence-corrected chi connectivity index (χ1v) is 9.82. The Labute approximate surface area is 149 Å². The number of anilines is 1. The van der Waals surface area contributed by atoms with E-state index in [0.717, 1.165) is 28.5 Å². The van der Waals surface area contributed by atoms with E-state index in [2.05, 4.69) is 42.9 Å². The van der Waals surface area contributed by atoms with Crippen LogP contribution in [0.2, 0.25) is 0 Å². The van der Waals surface area contributed by atoms with Crippen molar-refractivity contribution in [2.75, 3.05) is 24.2 Å². The number of nitrogens with zero attached hydrogens (tertiary/aromatic N) is 3. The topological polar surface area (TPSA) is 71.6 Å². The number of fused-ring (bicyclic) bond motifs is 2. The number of aromatic nitrogens is 1. The van der Waals surface area contributed by atoms with Gasteiger partial charge >= 0.3 is 0 Å². The number of hydrogen-bond donors (Lipinski definition) is 1. The minimum atomic E-state index is -0.421. The van der Waals surface area contributed by atoms with Crippen LogP contribution in [0.5, 0.6) is 0 Å². The zero-order chi connectivity index (χ0) is 17.1. The Hall–Kier alpha value is -1.60. The Morgan fingerprint density at radius 1 is 1.42 bits per heavy atom. The summed E-state index contributed by atoms with van der Waals surface area (Å²) in [6, 6.07) is 4.06. The van der Waals surface area contributed by atoms with Gasteiger partial charge in [0.05, 0.1) is 10.2 Å². The predicted octanol–water partition coefficient (Wildman–Crippen LogP) is 2.76. The van der Waals surface area contributed by atoms with Gasteiger partial charge in [-0.1, -0.05) is 13.8 Å². The van der Waals surface area contributed by atoms with Crippen molar-refractivity contribution in [3.8, 4) is 0 Å². The van der Waals surface area contributed by atoms with Crippen molar-refractivity contribution in [3.63, 3.8) is 0 Å². The molecule has 0 saturated carbocycles. The van der Waals surface area contributed by atoms with Crippen LogP contribution >= 0.6 is 23.1 Å². The van der Waals surface area contributed by atoms with Gasteiger partial charge in [-0.05, 0) is 29.5 Å². The van der Waals surface area contributed by atoms with E-state index in [1.54, 1.807) is 23.1 Å². The number of hydrogen-bond acceptors (Lipinski definition) is 6. The van der Waals surface area contributed by atoms with E-state index in [9.17, 15) is 4.79 Å². The molecule has 2 N–H and O–H groups in total. The van der Waals surface area contributed by atoms with E-state index in [1.807, 2.05) is 0 Å². The molecule has 2 aliphatic rings. The lowest BCUT2D eigenvalue weighted by Crippen LogP contribution is -2.34. The van der Waals surface area contributed by atoms with Crippen molar-refractivity contribution in [3.05, 3.63) is 22.7 Å². The normalized spacial score (nSPS) is 22.5. The van der Waals surface area contributed by atoms with Crippen LogP contribution in [0.1, 0.15) is 30.8 Å². The number of thioether (sulfide) groups is 1. The van der Waals surface area contributed by atoms with Crippen molar-refractivity contribution in [2.45, 2.75) is 31.7 Å². The van der Waals surface area contributed by atoms with Crippen LogP contribution in [0.4, 0.5) is 5.69 Å². The van der Waals surface area contributed by atoms with Crippen LogP contribution in [0.3, 0.4) is 0 Å². The number of amides is 1. The Morgan fingerprint density at radius 3 is 2.92 bits per heavy atom. The molecule has 1 unspecified atom stereocenters. The number of rotatable bonds is 2. The second-order valence-corrected chi connectivity index (χ2v) is 9.11. The van der Waals surface area contributed by atoms with Gasteiger partial charge in [0.2, 0.25) is 5.91 Å². The van der Waals surface area contributed by atoms with Gasteiger partial charge in [0.15, 0.2) is 0 Å². The molecule has 3 heterocycles. The fraction of sp³-hybridized carbons (Fsp3) is 0.471. The number of nitrogens with two attached hydrogens (primary N) is 1. The number of primary amides is 1. The van der Waals surface area contributed by atoms with Gasteiger partial charge in [-0.25, -0.2) is 4.98 Å². The third-order valence-electron chi connectivity index (χ3n) is 4.88. The Kier molecular flexibility index (Phi) is 3.61. The molecule has 0 saturated heterocycles. The second kappa shape index (κ2) is 5.46. The molecule has 0 aliphatic carbocycles. The zero-order valence-corrected chi connectivity index (χ0v) is 15.6. The first-order valence-electron chi connectivity index (χ1n) is 8.02. The fourth-order valence-electron chi connectivity index (χ4n) is 3.25. The highest BCUT2D eigenvalue weighted by atomic mass is 32.2. The molecule has 5 nitrogen and oxygen atoms in total. The lowest BCUT2D eigenvalue weighted by atomic mass is 9.78. The van der Waals surface area contributed by atoms with Gasteiger partial charge < -0.3 is 10.6 Å². The Morgan fingerprint density at radius 2 is 2.21 bits per heavy atom. The molecule has 2 aliphatic heterocycles. The maximum absolute atomic E-state index is 11.3. The minimum absolute atomic E-state index is 0.163. The molecule has 0 spiro atoms. The van der Waals surface area contributed by atoms with Crippen LogP contribution in [0, 0.1) is 0 Å². The SMILES string of the molecule is CN1CCC(C)(C)c2cc3nc(C4=NC(C(N)=O)CS4)sc3cc21. The Bertz CT molecular complexity index is 871. The monoisotopic (exact) mass is 360 g/mol. The number of benzene rings is 1. The minimum Gasteiger partial charge on any atom is -0.374 e. The predicted molar refractivity (Wildman–Crippen MR) is 103 cm³/mol. The van der Waals surface area contributed by atoms with E-state index < -0.39 is 6.04 Å². The highest BCUT2D eigenvalue weighted by Crippen LogP contribution is 2.42. The van der Waals surface area contributed by atoms with E-state index in [4.69, 9.17) is 10.7 Å². The summed E-state index contributed by atoms with van der Waals surface area (Å²) in [6.07, 6.45) is 1.14. The highest BCUT2D eigenvalue weighted by Gasteiger charge is 2.31. The van der Waals surface area contributed by atoms with Gasteiger partial charge in [0, 0.05) is 25.0 Å². The fourth-order valence-corrected chi connectivity index (χ4v) is 5.35. The van der Waals surface area contributed by atoms with Crippen LogP contribution < -0.4 is 10.6 Å². The average molecular weight is 361 g/mol. The van der Waals surface area contributed by atoms with E-state index in [0.29, 0.717) is 5.75 Å². The summed E-state index contributed by atoms with van der Waals surface area (Å²) >= 11 is 3.21. The Balaban J connectivity index is 1.80. The van der Waals surface area contributed by atoms with Gasteiger partial charge in [-0.2, -0.15) is 0 Å². The molecule has 0 bridgehead atoms. The molecule has 0 fully saturated rings. The molecule has 1 aromatic carbocycles. The molecular formula is C17H20N4OS2. The van der Waals surface area contributed by atoms with Crippen LogP contribution in [-0.2, 0) is 10.2 Å². The number of thiazole rings is 1. The zero-order valence-electron chi connectivity index (χ0n) is 14.0. The van der Waals surface area contributed by atoms with Crippen molar-refractivity contribution in [1.82, 2.24) is 4.98 Å².